The van der Waals surface area contributed by atoms with Gasteiger partial charge in [0.1, 0.15) is 34.4 Å². The van der Waals surface area contributed by atoms with Gasteiger partial charge in [-0.25, -0.2) is 18.1 Å². The fourth-order valence-corrected chi connectivity index (χ4v) is 9.26. The first-order valence-electron chi connectivity index (χ1n) is 20.1. The molecule has 0 radical (unpaired) electrons. The Morgan fingerprint density at radius 2 is 1.65 bits per heavy atom. The van der Waals surface area contributed by atoms with E-state index in [2.05, 4.69) is 50.5 Å². The second kappa shape index (κ2) is 17.8. The molecule has 2 aromatic heterocycles. The average Bonchev–Trinajstić information content (AvgIpc) is 3.72. The lowest BCUT2D eigenvalue weighted by molar-refractivity contribution is -0.385. The van der Waals surface area contributed by atoms with E-state index in [-0.39, 0.29) is 39.5 Å². The summed E-state index contributed by atoms with van der Waals surface area (Å²) < 4.78 is 42.1. The fraction of sp³-hybridized carbons (Fsp3) is 0.261. The summed E-state index contributed by atoms with van der Waals surface area (Å²) in [6.07, 6.45) is 6.38. The number of hydrogen-bond donors (Lipinski definition) is 2. The molecule has 1 fully saturated rings. The molecule has 0 bridgehead atoms. The molecular formula is C46H44Cl2N6O7S. The number of ether oxygens (including phenoxy) is 2. The molecule has 320 valence electrons. The predicted octanol–water partition coefficient (Wildman–Crippen LogP) is 10.1. The average molecular weight is 896 g/mol. The van der Waals surface area contributed by atoms with Crippen molar-refractivity contribution in [1.29, 1.82) is 0 Å². The van der Waals surface area contributed by atoms with Crippen LogP contribution in [-0.4, -0.2) is 66.8 Å². The van der Waals surface area contributed by atoms with Crippen LogP contribution >= 0.6 is 23.2 Å². The zero-order valence-electron chi connectivity index (χ0n) is 34.1. The maximum atomic E-state index is 14.0. The number of nitro groups is 1. The summed E-state index contributed by atoms with van der Waals surface area (Å²) in [4.78, 5) is 36.7. The van der Waals surface area contributed by atoms with E-state index in [9.17, 15) is 23.3 Å². The summed E-state index contributed by atoms with van der Waals surface area (Å²) in [6.45, 7) is 8.30. The third-order valence-corrected chi connectivity index (χ3v) is 13.2. The van der Waals surface area contributed by atoms with Gasteiger partial charge in [0.25, 0.3) is 21.6 Å². The molecule has 2 aliphatic rings. The normalized spacial score (nSPS) is 15.7. The minimum atomic E-state index is -4.59. The highest BCUT2D eigenvalue weighted by Crippen LogP contribution is 2.43. The fourth-order valence-electron chi connectivity index (χ4n) is 7.92. The van der Waals surface area contributed by atoms with Gasteiger partial charge in [-0.15, -0.1) is 0 Å². The Hall–Kier alpha value is -5.93. The second-order valence-corrected chi connectivity index (χ2v) is 18.8. The quantitative estimate of drug-likeness (QED) is 0.0844. The lowest BCUT2D eigenvalue weighted by Gasteiger charge is -2.39. The van der Waals surface area contributed by atoms with Crippen LogP contribution in [0.15, 0.2) is 120 Å². The number of H-pyrrole nitrogens is 1. The zero-order valence-corrected chi connectivity index (χ0v) is 36.4. The summed E-state index contributed by atoms with van der Waals surface area (Å²) in [6, 6.07) is 26.6. The molecule has 0 saturated carbocycles. The standard InChI is InChI=1S/C46H44Cl2N6O7S/c1-46(2)17-15-33(40(26-46)30-5-7-35(47)8-6-30)28-52-19-21-53(22-20-52)37-11-14-43(42(25-37)61-39-23-31-16-18-49-44(31)50-27-39)62(58,59)51-45(55)32-3-4-34(41(24-32)54(56)57)29-60-38-12-9-36(48)10-13-38/h3-14,16,18,23-25,27H,15,17,19-22,26,28-29H2,1-2H3,(H,49,50)(H,51,55). The summed E-state index contributed by atoms with van der Waals surface area (Å²) in [7, 11) is -4.59. The van der Waals surface area contributed by atoms with Gasteiger partial charge in [-0.05, 0) is 109 Å². The lowest BCUT2D eigenvalue weighted by atomic mass is 9.72. The molecule has 62 heavy (non-hydrogen) atoms. The van der Waals surface area contributed by atoms with Gasteiger partial charge in [-0.1, -0.05) is 54.8 Å². The van der Waals surface area contributed by atoms with Crippen LogP contribution in [0.25, 0.3) is 16.6 Å². The first-order chi connectivity index (χ1) is 29.7. The molecule has 0 atom stereocenters. The van der Waals surface area contributed by atoms with Crippen LogP contribution in [0.5, 0.6) is 17.2 Å². The van der Waals surface area contributed by atoms with E-state index in [1.807, 2.05) is 18.2 Å². The van der Waals surface area contributed by atoms with E-state index >= 15 is 0 Å². The Bertz CT molecular complexity index is 2790. The molecule has 16 heteroatoms. The number of nitrogens with one attached hydrogen (secondary N) is 2. The minimum Gasteiger partial charge on any atom is -0.489 e. The lowest BCUT2D eigenvalue weighted by Crippen LogP contribution is -2.47. The molecule has 3 heterocycles. The summed E-state index contributed by atoms with van der Waals surface area (Å²) in [5, 5.41) is 14.0. The van der Waals surface area contributed by atoms with Crippen molar-refractivity contribution in [3.05, 3.63) is 152 Å². The first kappa shape index (κ1) is 42.7. The number of benzene rings is 4. The highest BCUT2D eigenvalue weighted by Gasteiger charge is 2.31. The van der Waals surface area contributed by atoms with Gasteiger partial charge >= 0.3 is 0 Å². The Labute approximate surface area is 369 Å². The summed E-state index contributed by atoms with van der Waals surface area (Å²) in [5.74, 6) is -0.358. The van der Waals surface area contributed by atoms with E-state index in [4.69, 9.17) is 32.7 Å². The maximum Gasteiger partial charge on any atom is 0.276 e. The third-order valence-electron chi connectivity index (χ3n) is 11.3. The second-order valence-electron chi connectivity index (χ2n) is 16.3. The number of fused-ring (bicyclic) bond motifs is 1. The maximum absolute atomic E-state index is 14.0. The van der Waals surface area contributed by atoms with E-state index in [0.29, 0.717) is 29.5 Å². The van der Waals surface area contributed by atoms with Crippen molar-refractivity contribution in [3.8, 4) is 17.2 Å². The number of nitrogens with zero attached hydrogens (tertiary/aromatic N) is 4. The van der Waals surface area contributed by atoms with Crippen LogP contribution in [0.4, 0.5) is 11.4 Å². The molecule has 1 saturated heterocycles. The number of hydrogen-bond acceptors (Lipinski definition) is 10. The SMILES string of the molecule is CC1(C)CCC(CN2CCN(c3ccc(S(=O)(=O)NC(=O)c4ccc(COc5ccc(Cl)cc5)c([N+](=O)[O-])c4)c(Oc4cnc5[nH]ccc5c4)c3)CC2)=C(c2ccc(Cl)cc2)C1. The van der Waals surface area contributed by atoms with Crippen LogP contribution in [0.1, 0.15) is 54.6 Å². The van der Waals surface area contributed by atoms with Gasteiger partial charge in [0.05, 0.1) is 16.7 Å². The van der Waals surface area contributed by atoms with E-state index in [1.165, 1.54) is 41.1 Å². The zero-order chi connectivity index (χ0) is 43.6. The molecule has 0 spiro atoms. The number of piperazine rings is 1. The number of halogens is 2. The van der Waals surface area contributed by atoms with Crippen LogP contribution in [0, 0.1) is 15.5 Å². The molecule has 8 rings (SSSR count). The largest absolute Gasteiger partial charge is 0.489 e. The molecule has 2 N–H and O–H groups in total. The topological polar surface area (TPSA) is 160 Å². The predicted molar refractivity (Wildman–Crippen MR) is 241 cm³/mol. The van der Waals surface area contributed by atoms with Gasteiger partial charge in [0.15, 0.2) is 0 Å². The van der Waals surface area contributed by atoms with Gasteiger partial charge < -0.3 is 19.4 Å². The van der Waals surface area contributed by atoms with Gasteiger partial charge in [-0.3, -0.25) is 19.8 Å². The van der Waals surface area contributed by atoms with Crippen LogP contribution < -0.4 is 19.1 Å². The number of sulfonamides is 1. The third kappa shape index (κ3) is 9.89. The number of aromatic nitrogens is 2. The molecule has 6 aromatic rings. The summed E-state index contributed by atoms with van der Waals surface area (Å²) >= 11 is 12.2. The Morgan fingerprint density at radius 3 is 2.37 bits per heavy atom. The van der Waals surface area contributed by atoms with Crippen LogP contribution in [-0.2, 0) is 16.6 Å². The highest BCUT2D eigenvalue weighted by atomic mass is 35.5. The number of allylic oxidation sites excluding steroid dienone is 1. The molecule has 0 unspecified atom stereocenters. The van der Waals surface area contributed by atoms with Crippen molar-refractivity contribution in [2.45, 2.75) is 44.6 Å². The highest BCUT2D eigenvalue weighted by molar-refractivity contribution is 7.90. The molecule has 1 aliphatic heterocycles. The van der Waals surface area contributed by atoms with Crippen molar-refractivity contribution in [1.82, 2.24) is 19.6 Å². The number of nitro benzene ring substituents is 1. The van der Waals surface area contributed by atoms with Crippen molar-refractivity contribution < 1.29 is 27.6 Å². The Morgan fingerprint density at radius 1 is 0.919 bits per heavy atom. The number of amides is 1. The first-order valence-corrected chi connectivity index (χ1v) is 22.4. The number of aromatic amines is 1. The van der Waals surface area contributed by atoms with Crippen LogP contribution in [0.3, 0.4) is 0 Å². The number of carbonyl (C=O) groups excluding carboxylic acids is 1. The van der Waals surface area contributed by atoms with Gasteiger partial charge in [-0.2, -0.15) is 0 Å². The number of pyridine rings is 1. The van der Waals surface area contributed by atoms with Crippen molar-refractivity contribution in [2.75, 3.05) is 37.6 Å². The molecule has 4 aromatic carbocycles. The van der Waals surface area contributed by atoms with Crippen molar-refractivity contribution in [3.63, 3.8) is 0 Å². The molecule has 1 amide bonds. The molecule has 1 aliphatic carbocycles. The van der Waals surface area contributed by atoms with Gasteiger partial charge in [0, 0.05) is 77.7 Å². The summed E-state index contributed by atoms with van der Waals surface area (Å²) in [5.41, 5.74) is 5.20. The molecular weight excluding hydrogens is 852 g/mol. The van der Waals surface area contributed by atoms with E-state index in [0.717, 1.165) is 61.1 Å². The number of carbonyl (C=O) groups is 1. The Kier molecular flexibility index (Phi) is 12.3. The number of rotatable bonds is 13. The van der Waals surface area contributed by atoms with E-state index < -0.39 is 26.5 Å². The minimum absolute atomic E-state index is 0.0230. The Balaban J connectivity index is 1.01. The van der Waals surface area contributed by atoms with Gasteiger partial charge in [0.2, 0.25) is 0 Å². The molecule has 13 nitrogen and oxygen atoms in total. The van der Waals surface area contributed by atoms with Crippen molar-refractivity contribution in [2.24, 2.45) is 5.41 Å². The van der Waals surface area contributed by atoms with Crippen molar-refractivity contribution >= 4 is 67.1 Å². The smallest absolute Gasteiger partial charge is 0.276 e. The van der Waals surface area contributed by atoms with Crippen LogP contribution in [0.2, 0.25) is 10.0 Å². The van der Waals surface area contributed by atoms with E-state index in [1.54, 1.807) is 48.7 Å². The monoisotopic (exact) mass is 894 g/mol. The number of anilines is 1.